The monoisotopic (exact) mass is 348 g/mol. The molecule has 0 radical (unpaired) electrons. The SMILES string of the molecule is O=C(c1ccc(NCc2ccc(Cl)s2)cc1)N1CCCCCC1. The van der Waals surface area contributed by atoms with E-state index in [1.807, 2.05) is 41.3 Å². The predicted octanol–water partition coefficient (Wildman–Crippen LogP) is 5.03. The van der Waals surface area contributed by atoms with E-state index in [1.54, 1.807) is 11.3 Å². The van der Waals surface area contributed by atoms with Crippen LogP contribution in [0.3, 0.4) is 0 Å². The number of benzene rings is 1. The normalized spacial score (nSPS) is 15.3. The number of rotatable bonds is 4. The Morgan fingerprint density at radius 2 is 1.74 bits per heavy atom. The van der Waals surface area contributed by atoms with Crippen molar-refractivity contribution in [2.45, 2.75) is 32.2 Å². The number of hydrogen-bond acceptors (Lipinski definition) is 3. The summed E-state index contributed by atoms with van der Waals surface area (Å²) >= 11 is 7.51. The van der Waals surface area contributed by atoms with E-state index in [2.05, 4.69) is 5.32 Å². The van der Waals surface area contributed by atoms with Crippen LogP contribution in [-0.2, 0) is 6.54 Å². The molecule has 3 rings (SSSR count). The molecule has 122 valence electrons. The topological polar surface area (TPSA) is 32.3 Å². The Bertz CT molecular complexity index is 645. The fourth-order valence-electron chi connectivity index (χ4n) is 2.82. The van der Waals surface area contributed by atoms with E-state index in [9.17, 15) is 4.79 Å². The van der Waals surface area contributed by atoms with E-state index in [-0.39, 0.29) is 5.91 Å². The Morgan fingerprint density at radius 3 is 2.35 bits per heavy atom. The maximum Gasteiger partial charge on any atom is 0.253 e. The third kappa shape index (κ3) is 4.49. The van der Waals surface area contributed by atoms with E-state index < -0.39 is 0 Å². The van der Waals surface area contributed by atoms with Crippen molar-refractivity contribution in [1.82, 2.24) is 4.90 Å². The molecule has 0 atom stereocenters. The summed E-state index contributed by atoms with van der Waals surface area (Å²) < 4.78 is 0.806. The second kappa shape index (κ2) is 7.84. The summed E-state index contributed by atoms with van der Waals surface area (Å²) in [6, 6.07) is 11.7. The van der Waals surface area contributed by atoms with Crippen LogP contribution >= 0.6 is 22.9 Å². The predicted molar refractivity (Wildman–Crippen MR) is 97.5 cm³/mol. The highest BCUT2D eigenvalue weighted by molar-refractivity contribution is 7.16. The molecule has 1 fully saturated rings. The van der Waals surface area contributed by atoms with E-state index in [4.69, 9.17) is 11.6 Å². The van der Waals surface area contributed by atoms with Crippen LogP contribution in [-0.4, -0.2) is 23.9 Å². The Labute approximate surface area is 146 Å². The Balaban J connectivity index is 1.58. The summed E-state index contributed by atoms with van der Waals surface area (Å²) in [4.78, 5) is 15.7. The minimum absolute atomic E-state index is 0.156. The summed E-state index contributed by atoms with van der Waals surface area (Å²) in [5.41, 5.74) is 1.79. The minimum Gasteiger partial charge on any atom is -0.380 e. The second-order valence-corrected chi connectivity index (χ2v) is 7.64. The lowest BCUT2D eigenvalue weighted by Gasteiger charge is -2.20. The molecule has 3 nitrogen and oxygen atoms in total. The van der Waals surface area contributed by atoms with Gasteiger partial charge in [0, 0.05) is 35.8 Å². The Hall–Kier alpha value is -1.52. The van der Waals surface area contributed by atoms with Crippen LogP contribution in [0, 0.1) is 0 Å². The van der Waals surface area contributed by atoms with Crippen molar-refractivity contribution >= 4 is 34.5 Å². The Kier molecular flexibility index (Phi) is 5.57. The molecule has 1 amide bonds. The zero-order valence-electron chi connectivity index (χ0n) is 13.1. The van der Waals surface area contributed by atoms with Crippen LogP contribution < -0.4 is 5.32 Å². The average Bonchev–Trinajstić information content (AvgIpc) is 2.83. The zero-order chi connectivity index (χ0) is 16.1. The second-order valence-electron chi connectivity index (χ2n) is 5.84. The highest BCUT2D eigenvalue weighted by Gasteiger charge is 2.16. The lowest BCUT2D eigenvalue weighted by Crippen LogP contribution is -2.31. The lowest BCUT2D eigenvalue weighted by atomic mass is 10.1. The average molecular weight is 349 g/mol. The molecule has 1 saturated heterocycles. The van der Waals surface area contributed by atoms with Gasteiger partial charge in [-0.3, -0.25) is 4.79 Å². The van der Waals surface area contributed by atoms with E-state index in [0.29, 0.717) is 0 Å². The first-order chi connectivity index (χ1) is 11.2. The molecule has 1 aliphatic rings. The number of amides is 1. The van der Waals surface area contributed by atoms with Crippen molar-refractivity contribution < 1.29 is 4.79 Å². The van der Waals surface area contributed by atoms with Gasteiger partial charge in [-0.2, -0.15) is 0 Å². The molecule has 2 aromatic rings. The first-order valence-corrected chi connectivity index (χ1v) is 9.29. The molecule has 23 heavy (non-hydrogen) atoms. The number of carbonyl (C=O) groups is 1. The van der Waals surface area contributed by atoms with Crippen LogP contribution in [0.2, 0.25) is 4.34 Å². The van der Waals surface area contributed by atoms with Gasteiger partial charge in [0.1, 0.15) is 0 Å². The molecule has 0 bridgehead atoms. The number of nitrogens with zero attached hydrogens (tertiary/aromatic N) is 1. The summed E-state index contributed by atoms with van der Waals surface area (Å²) in [6.45, 7) is 2.52. The first-order valence-electron chi connectivity index (χ1n) is 8.10. The van der Waals surface area contributed by atoms with Crippen molar-refractivity contribution in [2.24, 2.45) is 0 Å². The van der Waals surface area contributed by atoms with Gasteiger partial charge in [-0.1, -0.05) is 24.4 Å². The molecule has 1 aliphatic heterocycles. The molecular formula is C18H21ClN2OS. The third-order valence-corrected chi connectivity index (χ3v) is 5.35. The van der Waals surface area contributed by atoms with Crippen LogP contribution in [0.4, 0.5) is 5.69 Å². The molecule has 2 heterocycles. The fraction of sp³-hybridized carbons (Fsp3) is 0.389. The smallest absolute Gasteiger partial charge is 0.253 e. The van der Waals surface area contributed by atoms with Crippen molar-refractivity contribution in [3.63, 3.8) is 0 Å². The van der Waals surface area contributed by atoms with Crippen LogP contribution in [0.15, 0.2) is 36.4 Å². The lowest BCUT2D eigenvalue weighted by molar-refractivity contribution is 0.0761. The molecule has 1 N–H and O–H groups in total. The standard InChI is InChI=1S/C18H21ClN2OS/c19-17-10-9-16(23-17)13-20-15-7-5-14(6-8-15)18(22)21-11-3-1-2-4-12-21/h5-10,20H,1-4,11-13H2. The van der Waals surface area contributed by atoms with Crippen LogP contribution in [0.5, 0.6) is 0 Å². The third-order valence-electron chi connectivity index (χ3n) is 4.12. The largest absolute Gasteiger partial charge is 0.380 e. The van der Waals surface area contributed by atoms with Crippen molar-refractivity contribution in [3.05, 3.63) is 51.2 Å². The summed E-state index contributed by atoms with van der Waals surface area (Å²) in [6.07, 6.45) is 4.71. The molecule has 0 spiro atoms. The van der Waals surface area contributed by atoms with Gasteiger partial charge in [0.2, 0.25) is 0 Å². The molecule has 0 unspecified atom stereocenters. The van der Waals surface area contributed by atoms with E-state index in [0.717, 1.165) is 48.1 Å². The minimum atomic E-state index is 0.156. The van der Waals surface area contributed by atoms with Gasteiger partial charge >= 0.3 is 0 Å². The highest BCUT2D eigenvalue weighted by atomic mass is 35.5. The summed E-state index contributed by atoms with van der Waals surface area (Å²) in [7, 11) is 0. The van der Waals surface area contributed by atoms with E-state index in [1.165, 1.54) is 17.7 Å². The number of thiophene rings is 1. The molecule has 1 aromatic heterocycles. The van der Waals surface area contributed by atoms with Crippen molar-refractivity contribution in [2.75, 3.05) is 18.4 Å². The van der Waals surface area contributed by atoms with E-state index >= 15 is 0 Å². The molecule has 0 aliphatic carbocycles. The maximum absolute atomic E-state index is 12.5. The van der Waals surface area contributed by atoms with Crippen LogP contribution in [0.1, 0.15) is 40.9 Å². The van der Waals surface area contributed by atoms with Gasteiger partial charge < -0.3 is 10.2 Å². The molecule has 0 saturated carbocycles. The number of nitrogens with one attached hydrogen (secondary N) is 1. The maximum atomic E-state index is 12.5. The number of hydrogen-bond donors (Lipinski definition) is 1. The highest BCUT2D eigenvalue weighted by Crippen LogP contribution is 2.22. The quantitative estimate of drug-likeness (QED) is 0.840. The molecule has 1 aromatic carbocycles. The number of halogens is 1. The molecule has 5 heteroatoms. The van der Waals surface area contributed by atoms with Crippen molar-refractivity contribution in [3.8, 4) is 0 Å². The Morgan fingerprint density at radius 1 is 1.04 bits per heavy atom. The number of carbonyl (C=O) groups excluding carboxylic acids is 1. The van der Waals surface area contributed by atoms with Gasteiger partial charge in [0.05, 0.1) is 4.34 Å². The van der Waals surface area contributed by atoms with Gasteiger partial charge in [-0.25, -0.2) is 0 Å². The van der Waals surface area contributed by atoms with Crippen LogP contribution in [0.25, 0.3) is 0 Å². The van der Waals surface area contributed by atoms with Gasteiger partial charge in [0.25, 0.3) is 5.91 Å². The number of likely N-dealkylation sites (tertiary alicyclic amines) is 1. The summed E-state index contributed by atoms with van der Waals surface area (Å²) in [5, 5.41) is 3.36. The van der Waals surface area contributed by atoms with Gasteiger partial charge in [-0.05, 0) is 49.2 Å². The zero-order valence-corrected chi connectivity index (χ0v) is 14.6. The molecular weight excluding hydrogens is 328 g/mol. The van der Waals surface area contributed by atoms with Gasteiger partial charge in [0.15, 0.2) is 0 Å². The summed E-state index contributed by atoms with van der Waals surface area (Å²) in [5.74, 6) is 0.156. The first kappa shape index (κ1) is 16.3. The fourth-order valence-corrected chi connectivity index (χ4v) is 3.85. The van der Waals surface area contributed by atoms with Gasteiger partial charge in [-0.15, -0.1) is 11.3 Å². The number of anilines is 1. The van der Waals surface area contributed by atoms with Crippen molar-refractivity contribution in [1.29, 1.82) is 0 Å².